The summed E-state index contributed by atoms with van der Waals surface area (Å²) in [6.45, 7) is 5.36. The van der Waals surface area contributed by atoms with Gasteiger partial charge >= 0.3 is 27.9 Å². The number of oxime groups is 1. The number of urea groups is 1. The number of allylic oxidation sites excluding steroid dienone is 1. The van der Waals surface area contributed by atoms with E-state index in [-0.39, 0.29) is 27.0 Å². The smallest absolute Gasteiger partial charge is 0.362 e. The number of nitrogens with one attached hydrogen (secondary N) is 2. The van der Waals surface area contributed by atoms with E-state index in [0.29, 0.717) is 9.47 Å². The Labute approximate surface area is 297 Å². The third kappa shape index (κ3) is 8.23. The van der Waals surface area contributed by atoms with Crippen molar-refractivity contribution in [2.45, 2.75) is 50.9 Å². The molecular formula is C26H30N10O13S3. The summed E-state index contributed by atoms with van der Waals surface area (Å²) in [4.78, 5) is 89.4. The van der Waals surface area contributed by atoms with Crippen molar-refractivity contribution >= 4 is 77.5 Å². The number of aliphatic carboxylic acids is 1. The highest BCUT2D eigenvalue weighted by molar-refractivity contribution is 7.90. The number of Topliss-reactive ketones (excluding diaryl/α,β-unsaturated/α-hetero) is 1. The third-order valence-corrected chi connectivity index (χ3v) is 9.97. The summed E-state index contributed by atoms with van der Waals surface area (Å²) in [5.41, 5.74) is 1.32. The third-order valence-electron chi connectivity index (χ3n) is 7.14. The summed E-state index contributed by atoms with van der Waals surface area (Å²) in [5.74, 6) is -6.19. The number of aliphatic imine (C=N–C) groups is 1. The fourth-order valence-corrected chi connectivity index (χ4v) is 6.51. The molecule has 0 unspecified atom stereocenters. The molecule has 4 rings (SSSR count). The van der Waals surface area contributed by atoms with Gasteiger partial charge in [0.05, 0.1) is 30.1 Å². The Hall–Kier alpha value is -5.76. The van der Waals surface area contributed by atoms with Crippen molar-refractivity contribution < 1.29 is 55.9 Å². The SMILES string of the molecule is C=C[C@H]1[C@H](NC(=O)C(=NOC(C)(C)C(=O)O)c2csc(N)n2)C(=O)N1C(=O)NS(=O)(=O)n1nc(C2=NC=C(O)C(=O)C2)n(CCCS(C)(=O)=O)c1=O. The number of aliphatic hydroxyl groups excluding tert-OH is 1. The zero-order chi connectivity index (χ0) is 38.9. The van der Waals surface area contributed by atoms with Crippen molar-refractivity contribution in [1.29, 1.82) is 0 Å². The molecule has 4 heterocycles. The molecule has 26 heteroatoms. The number of carboxylic acids is 1. The summed E-state index contributed by atoms with van der Waals surface area (Å²) in [6, 6.07) is -4.53. The minimum absolute atomic E-state index is 0.00190. The largest absolute Gasteiger partial charge is 0.503 e. The van der Waals surface area contributed by atoms with Crippen molar-refractivity contribution in [2.24, 2.45) is 10.1 Å². The number of hydrogen-bond acceptors (Lipinski definition) is 18. The van der Waals surface area contributed by atoms with E-state index >= 15 is 0 Å². The second kappa shape index (κ2) is 14.5. The van der Waals surface area contributed by atoms with E-state index in [2.05, 4.69) is 32.1 Å². The average Bonchev–Trinajstić information content (AvgIpc) is 3.61. The maximum Gasteiger partial charge on any atom is 0.362 e. The molecule has 0 saturated carbocycles. The molecule has 2 aromatic rings. The van der Waals surface area contributed by atoms with E-state index in [4.69, 9.17) is 10.6 Å². The van der Waals surface area contributed by atoms with Gasteiger partial charge in [-0.1, -0.05) is 15.3 Å². The van der Waals surface area contributed by atoms with Crippen LogP contribution in [0.4, 0.5) is 9.93 Å². The number of thiazole rings is 1. The van der Waals surface area contributed by atoms with Gasteiger partial charge in [0.15, 0.2) is 22.4 Å². The molecular weight excluding hydrogens is 757 g/mol. The maximum atomic E-state index is 13.3. The van der Waals surface area contributed by atoms with Gasteiger partial charge in [-0.25, -0.2) is 32.5 Å². The number of amides is 4. The Morgan fingerprint density at radius 2 is 1.90 bits per heavy atom. The van der Waals surface area contributed by atoms with Crippen LogP contribution in [0.15, 0.2) is 44.9 Å². The Kier molecular flexibility index (Phi) is 10.9. The van der Waals surface area contributed by atoms with Gasteiger partial charge in [-0.05, 0) is 20.3 Å². The summed E-state index contributed by atoms with van der Waals surface area (Å²) in [5, 5.41) is 29.8. The number of likely N-dealkylation sites (tertiary alicyclic amines) is 1. The van der Waals surface area contributed by atoms with E-state index in [1.165, 1.54) is 10.1 Å². The van der Waals surface area contributed by atoms with Crippen LogP contribution in [0.5, 0.6) is 0 Å². The highest BCUT2D eigenvalue weighted by Gasteiger charge is 2.51. The standard InChI is InChI=1S/C26H30N10O13S3/c1-5-14-18(30-20(39)17(13-11-50-23(27)29-13)32-49-26(2,3)22(41)42)21(40)35(14)24(43)33-52(47,48)36-25(44)34(7-6-8-51(4,45)46)19(31-36)12-9-15(37)16(38)10-28-12/h5,10-11,14,18,38H,1,6-9H2,2-4H3,(H2,27,29)(H,30,39)(H,33,43)(H,41,42)/t14-,18-/m0/s1. The molecule has 52 heavy (non-hydrogen) atoms. The monoisotopic (exact) mass is 786 g/mol. The first-order valence-corrected chi connectivity index (χ1v) is 18.9. The fraction of sp³-hybridized carbons (Fsp3) is 0.385. The first-order valence-electron chi connectivity index (χ1n) is 14.5. The minimum Gasteiger partial charge on any atom is -0.503 e. The number of imide groups is 1. The summed E-state index contributed by atoms with van der Waals surface area (Å²) >= 11 is 0.902. The van der Waals surface area contributed by atoms with Gasteiger partial charge in [0.1, 0.15) is 21.6 Å². The Balaban J connectivity index is 1.57. The van der Waals surface area contributed by atoms with Gasteiger partial charge in [0.25, 0.3) is 11.8 Å². The van der Waals surface area contributed by atoms with Crippen LogP contribution in [0.3, 0.4) is 0 Å². The first kappa shape index (κ1) is 39.0. The second-order valence-corrected chi connectivity index (χ2v) is 16.1. The highest BCUT2D eigenvalue weighted by Crippen LogP contribution is 2.23. The van der Waals surface area contributed by atoms with Crippen LogP contribution >= 0.6 is 11.3 Å². The fourth-order valence-electron chi connectivity index (χ4n) is 4.42. The second-order valence-electron chi connectivity index (χ2n) is 11.5. The van der Waals surface area contributed by atoms with E-state index in [0.717, 1.165) is 43.7 Å². The van der Waals surface area contributed by atoms with Crippen LogP contribution < -0.4 is 21.5 Å². The number of sulfone groups is 1. The van der Waals surface area contributed by atoms with Crippen LogP contribution in [0.2, 0.25) is 0 Å². The molecule has 280 valence electrons. The molecule has 4 amide bonds. The Morgan fingerprint density at radius 3 is 2.46 bits per heavy atom. The molecule has 1 fully saturated rings. The van der Waals surface area contributed by atoms with Crippen molar-refractivity contribution in [1.82, 2.24) is 33.7 Å². The number of ketones is 1. The lowest BCUT2D eigenvalue weighted by atomic mass is 9.95. The molecule has 0 bridgehead atoms. The van der Waals surface area contributed by atoms with Crippen LogP contribution in [0.25, 0.3) is 0 Å². The molecule has 6 N–H and O–H groups in total. The number of aromatic nitrogens is 4. The number of nitrogens with zero attached hydrogens (tertiary/aromatic N) is 7. The number of rotatable bonds is 14. The average molecular weight is 787 g/mol. The molecule has 2 atom stereocenters. The lowest BCUT2D eigenvalue weighted by molar-refractivity contribution is -0.161. The normalized spacial score (nSPS) is 18.2. The quantitative estimate of drug-likeness (QED) is 0.0579. The molecule has 2 aliphatic heterocycles. The Bertz CT molecular complexity index is 2250. The number of aliphatic hydroxyl groups is 1. The summed E-state index contributed by atoms with van der Waals surface area (Å²) in [6.07, 6.45) is 1.88. The number of nitrogen functional groups attached to an aromatic ring is 1. The molecule has 0 radical (unpaired) electrons. The van der Waals surface area contributed by atoms with Gasteiger partial charge in [-0.15, -0.1) is 23.0 Å². The zero-order valence-corrected chi connectivity index (χ0v) is 29.7. The lowest BCUT2D eigenvalue weighted by Crippen LogP contribution is -2.73. The molecule has 0 aromatic carbocycles. The number of nitrogens with two attached hydrogens (primary N) is 1. The number of carboxylic acid groups (broad SMARTS) is 1. The van der Waals surface area contributed by atoms with Crippen LogP contribution in [0, 0.1) is 0 Å². The Morgan fingerprint density at radius 1 is 1.23 bits per heavy atom. The van der Waals surface area contributed by atoms with Crippen LogP contribution in [-0.4, -0.2) is 121 Å². The van der Waals surface area contributed by atoms with Crippen molar-refractivity contribution in [2.75, 3.05) is 17.7 Å². The van der Waals surface area contributed by atoms with E-state index in [9.17, 15) is 55.8 Å². The predicted molar refractivity (Wildman–Crippen MR) is 179 cm³/mol. The van der Waals surface area contributed by atoms with Crippen LogP contribution in [0.1, 0.15) is 38.2 Å². The number of hydrogen-bond donors (Lipinski definition) is 5. The first-order chi connectivity index (χ1) is 24.1. The predicted octanol–water partition coefficient (Wildman–Crippen LogP) is -2.35. The summed E-state index contributed by atoms with van der Waals surface area (Å²) in [7, 11) is -8.79. The number of carbonyl (C=O) groups excluding carboxylic acids is 4. The van der Waals surface area contributed by atoms with Gasteiger partial charge in [0, 0.05) is 18.2 Å². The number of anilines is 1. The number of carbonyl (C=O) groups is 5. The van der Waals surface area contributed by atoms with Gasteiger partial charge in [-0.2, -0.15) is 8.42 Å². The molecule has 0 aliphatic carbocycles. The molecule has 23 nitrogen and oxygen atoms in total. The van der Waals surface area contributed by atoms with E-state index in [1.807, 2.05) is 0 Å². The molecule has 0 spiro atoms. The lowest BCUT2D eigenvalue weighted by Gasteiger charge is -2.43. The molecule has 2 aliphatic rings. The minimum atomic E-state index is -5.27. The maximum absolute atomic E-state index is 13.3. The van der Waals surface area contributed by atoms with Gasteiger partial charge < -0.3 is 26.1 Å². The number of β-lactam (4-membered cyclic amide) rings is 1. The van der Waals surface area contributed by atoms with Crippen LogP contribution in [-0.2, 0) is 50.6 Å². The summed E-state index contributed by atoms with van der Waals surface area (Å²) < 4.78 is 51.9. The van der Waals surface area contributed by atoms with E-state index in [1.54, 1.807) is 0 Å². The molecule has 2 aromatic heterocycles. The van der Waals surface area contributed by atoms with Gasteiger partial charge in [-0.3, -0.25) is 28.8 Å². The van der Waals surface area contributed by atoms with Gasteiger partial charge in [0.2, 0.25) is 11.4 Å². The van der Waals surface area contributed by atoms with Crippen molar-refractivity contribution in [3.63, 3.8) is 0 Å². The zero-order valence-electron chi connectivity index (χ0n) is 27.2. The van der Waals surface area contributed by atoms with Crippen molar-refractivity contribution in [3.05, 3.63) is 52.0 Å². The highest BCUT2D eigenvalue weighted by atomic mass is 32.2. The topological polar surface area (TPSA) is 334 Å². The van der Waals surface area contributed by atoms with E-state index < -0.39 is 109 Å². The van der Waals surface area contributed by atoms with Crippen molar-refractivity contribution in [3.8, 4) is 0 Å². The molecule has 1 saturated heterocycles.